The van der Waals surface area contributed by atoms with Crippen molar-refractivity contribution in [2.45, 2.75) is 12.2 Å². The molecular weight excluding hydrogens is 256 g/mol. The molecule has 1 aromatic heterocycles. The van der Waals surface area contributed by atoms with E-state index in [0.717, 1.165) is 17.2 Å². The van der Waals surface area contributed by atoms with E-state index in [0.29, 0.717) is 0 Å². The van der Waals surface area contributed by atoms with E-state index in [1.54, 1.807) is 0 Å². The average molecular weight is 268 g/mol. The number of nitrogens with zero attached hydrogens (tertiary/aromatic N) is 3. The first-order valence-corrected chi connectivity index (χ1v) is 5.45. The van der Waals surface area contributed by atoms with E-state index in [1.165, 1.54) is 0 Å². The van der Waals surface area contributed by atoms with Gasteiger partial charge in [-0.25, -0.2) is 4.98 Å². The Hall–Kier alpha value is -2.26. The molecule has 1 saturated heterocycles. The van der Waals surface area contributed by atoms with Gasteiger partial charge < -0.3 is 20.8 Å². The SMILES string of the molecule is Nc1cc(C(=O)N2CC(O)C(O)C2)c([N+](=O)[O-])cn1. The van der Waals surface area contributed by atoms with Crippen LogP contribution in [0.4, 0.5) is 11.5 Å². The topological polar surface area (TPSA) is 143 Å². The molecule has 19 heavy (non-hydrogen) atoms. The van der Waals surface area contributed by atoms with Crippen LogP contribution in [0.15, 0.2) is 12.3 Å². The number of pyridine rings is 1. The van der Waals surface area contributed by atoms with Gasteiger partial charge in [-0.2, -0.15) is 0 Å². The number of aromatic nitrogens is 1. The third kappa shape index (κ3) is 2.46. The van der Waals surface area contributed by atoms with Gasteiger partial charge in [-0.05, 0) is 6.07 Å². The molecule has 2 atom stereocenters. The molecule has 4 N–H and O–H groups in total. The minimum absolute atomic E-state index is 0.0192. The third-order valence-electron chi connectivity index (χ3n) is 2.88. The normalized spacial score (nSPS) is 22.5. The van der Waals surface area contributed by atoms with Gasteiger partial charge in [-0.1, -0.05) is 0 Å². The van der Waals surface area contributed by atoms with Gasteiger partial charge in [0.2, 0.25) is 0 Å². The summed E-state index contributed by atoms with van der Waals surface area (Å²) in [5.74, 6) is -0.689. The highest BCUT2D eigenvalue weighted by atomic mass is 16.6. The van der Waals surface area contributed by atoms with Crippen LogP contribution < -0.4 is 5.73 Å². The van der Waals surface area contributed by atoms with Gasteiger partial charge in [0.1, 0.15) is 17.6 Å². The fourth-order valence-corrected chi connectivity index (χ4v) is 1.89. The average Bonchev–Trinajstić information content (AvgIpc) is 2.68. The Bertz CT molecular complexity index is 525. The van der Waals surface area contributed by atoms with Crippen molar-refractivity contribution in [3.8, 4) is 0 Å². The molecule has 0 spiro atoms. The van der Waals surface area contributed by atoms with E-state index in [1.807, 2.05) is 0 Å². The summed E-state index contributed by atoms with van der Waals surface area (Å²) in [4.78, 5) is 26.9. The van der Waals surface area contributed by atoms with Crippen molar-refractivity contribution in [3.05, 3.63) is 27.9 Å². The largest absolute Gasteiger partial charge is 0.388 e. The summed E-state index contributed by atoms with van der Waals surface area (Å²) in [7, 11) is 0. The van der Waals surface area contributed by atoms with Crippen molar-refractivity contribution >= 4 is 17.4 Å². The van der Waals surface area contributed by atoms with Crippen molar-refractivity contribution in [2.75, 3.05) is 18.8 Å². The first-order chi connectivity index (χ1) is 8.90. The second-order valence-electron chi connectivity index (χ2n) is 4.23. The number of likely N-dealkylation sites (tertiary alicyclic amines) is 1. The molecule has 0 aliphatic carbocycles. The lowest BCUT2D eigenvalue weighted by molar-refractivity contribution is -0.385. The Balaban J connectivity index is 2.33. The summed E-state index contributed by atoms with van der Waals surface area (Å²) >= 11 is 0. The van der Waals surface area contributed by atoms with Gasteiger partial charge >= 0.3 is 0 Å². The molecule has 1 aliphatic rings. The van der Waals surface area contributed by atoms with Crippen molar-refractivity contribution in [2.24, 2.45) is 0 Å². The van der Waals surface area contributed by atoms with Gasteiger partial charge in [0.15, 0.2) is 0 Å². The number of nitro groups is 1. The quantitative estimate of drug-likeness (QED) is 0.449. The lowest BCUT2D eigenvalue weighted by Gasteiger charge is -2.15. The number of anilines is 1. The molecule has 9 heteroatoms. The molecule has 2 rings (SSSR count). The number of rotatable bonds is 2. The van der Waals surface area contributed by atoms with Gasteiger partial charge in [0.05, 0.1) is 17.1 Å². The number of carbonyl (C=O) groups is 1. The van der Waals surface area contributed by atoms with Crippen LogP contribution in [0.2, 0.25) is 0 Å². The lowest BCUT2D eigenvalue weighted by atomic mass is 10.2. The maximum absolute atomic E-state index is 12.1. The van der Waals surface area contributed by atoms with Crippen molar-refractivity contribution < 1.29 is 19.9 Å². The molecule has 0 bridgehead atoms. The molecular formula is C10H12N4O5. The number of carbonyl (C=O) groups excluding carboxylic acids is 1. The van der Waals surface area contributed by atoms with Gasteiger partial charge in [0, 0.05) is 13.1 Å². The summed E-state index contributed by atoms with van der Waals surface area (Å²) < 4.78 is 0. The van der Waals surface area contributed by atoms with Gasteiger partial charge in [-0.15, -0.1) is 0 Å². The highest BCUT2D eigenvalue weighted by Crippen LogP contribution is 2.23. The lowest BCUT2D eigenvalue weighted by Crippen LogP contribution is -2.30. The second-order valence-corrected chi connectivity index (χ2v) is 4.23. The maximum Gasteiger partial charge on any atom is 0.300 e. The van der Waals surface area contributed by atoms with Crippen LogP contribution >= 0.6 is 0 Å². The monoisotopic (exact) mass is 268 g/mol. The molecule has 1 aromatic rings. The third-order valence-corrected chi connectivity index (χ3v) is 2.88. The number of β-amino-alcohol motifs (C(OH)–C–C–N with tert-alkyl or cyclic N) is 2. The Morgan fingerprint density at radius 3 is 2.58 bits per heavy atom. The van der Waals surface area contributed by atoms with Crippen LogP contribution in [-0.2, 0) is 0 Å². The smallest absolute Gasteiger partial charge is 0.300 e. The van der Waals surface area contributed by atoms with Crippen LogP contribution in [-0.4, -0.2) is 56.2 Å². The number of nitrogen functional groups attached to an aromatic ring is 1. The fraction of sp³-hybridized carbons (Fsp3) is 0.400. The van der Waals surface area contributed by atoms with E-state index in [2.05, 4.69) is 4.98 Å². The molecule has 1 fully saturated rings. The molecule has 1 amide bonds. The Morgan fingerprint density at radius 2 is 2.05 bits per heavy atom. The second kappa shape index (κ2) is 4.78. The molecule has 0 saturated carbocycles. The van der Waals surface area contributed by atoms with E-state index < -0.39 is 28.7 Å². The highest BCUT2D eigenvalue weighted by Gasteiger charge is 2.35. The highest BCUT2D eigenvalue weighted by molar-refractivity contribution is 5.98. The van der Waals surface area contributed by atoms with Gasteiger partial charge in [-0.3, -0.25) is 14.9 Å². The minimum Gasteiger partial charge on any atom is -0.388 e. The fourth-order valence-electron chi connectivity index (χ4n) is 1.89. The summed E-state index contributed by atoms with van der Waals surface area (Å²) in [6.45, 7) is -0.168. The zero-order chi connectivity index (χ0) is 14.2. The van der Waals surface area contributed by atoms with Crippen molar-refractivity contribution in [1.82, 2.24) is 9.88 Å². The van der Waals surface area contributed by atoms with E-state index in [-0.39, 0.29) is 24.5 Å². The number of nitrogens with two attached hydrogens (primary N) is 1. The van der Waals surface area contributed by atoms with E-state index in [4.69, 9.17) is 5.73 Å². The molecule has 9 nitrogen and oxygen atoms in total. The Morgan fingerprint density at radius 1 is 1.47 bits per heavy atom. The first-order valence-electron chi connectivity index (χ1n) is 5.45. The summed E-state index contributed by atoms with van der Waals surface area (Å²) in [6, 6.07) is 1.11. The van der Waals surface area contributed by atoms with Crippen LogP contribution in [0.1, 0.15) is 10.4 Å². The zero-order valence-corrected chi connectivity index (χ0v) is 9.76. The Labute approximate surface area is 107 Å². The Kier molecular flexibility index (Phi) is 3.32. The van der Waals surface area contributed by atoms with Crippen molar-refractivity contribution in [1.29, 1.82) is 0 Å². The summed E-state index contributed by atoms with van der Waals surface area (Å²) in [5, 5.41) is 29.6. The number of hydrogen-bond acceptors (Lipinski definition) is 7. The predicted molar refractivity (Wildman–Crippen MR) is 63.2 cm³/mol. The predicted octanol–water partition coefficient (Wildman–Crippen LogP) is -1.25. The molecule has 102 valence electrons. The van der Waals surface area contributed by atoms with Crippen LogP contribution in [0.5, 0.6) is 0 Å². The number of aliphatic hydroxyl groups excluding tert-OH is 2. The zero-order valence-electron chi connectivity index (χ0n) is 9.76. The van der Waals surface area contributed by atoms with Crippen LogP contribution in [0.3, 0.4) is 0 Å². The van der Waals surface area contributed by atoms with Crippen LogP contribution in [0, 0.1) is 10.1 Å². The first kappa shape index (κ1) is 13.2. The molecule has 1 aliphatic heterocycles. The molecule has 0 aromatic carbocycles. The number of aliphatic hydroxyl groups is 2. The van der Waals surface area contributed by atoms with Crippen LogP contribution in [0.25, 0.3) is 0 Å². The van der Waals surface area contributed by atoms with Gasteiger partial charge in [0.25, 0.3) is 11.6 Å². The molecule has 2 unspecified atom stereocenters. The minimum atomic E-state index is -1.05. The maximum atomic E-state index is 12.1. The number of amides is 1. The molecule has 0 radical (unpaired) electrons. The number of hydrogen-bond donors (Lipinski definition) is 3. The van der Waals surface area contributed by atoms with E-state index >= 15 is 0 Å². The van der Waals surface area contributed by atoms with E-state index in [9.17, 15) is 25.1 Å². The summed E-state index contributed by atoms with van der Waals surface area (Å²) in [5.41, 5.74) is 4.74. The standard InChI is InChI=1S/C10H12N4O5/c11-9-1-5(6(2-12-9)14(18)19)10(17)13-3-7(15)8(16)4-13/h1-2,7-8,15-16H,3-4H2,(H2,11,12). The molecule has 2 heterocycles. The van der Waals surface area contributed by atoms with Crippen molar-refractivity contribution in [3.63, 3.8) is 0 Å². The summed E-state index contributed by atoms with van der Waals surface area (Å²) in [6.07, 6.45) is -1.20.